The number of ether oxygens (including phenoxy) is 1. The minimum absolute atomic E-state index is 0. The van der Waals surface area contributed by atoms with Crippen molar-refractivity contribution in [1.29, 1.82) is 0 Å². The van der Waals surface area contributed by atoms with Gasteiger partial charge in [0.05, 0.1) is 5.69 Å². The van der Waals surface area contributed by atoms with E-state index >= 15 is 0 Å². The molecule has 1 aromatic heterocycles. The Labute approximate surface area is 356 Å². The summed E-state index contributed by atoms with van der Waals surface area (Å²) in [5, 5.41) is 0. The van der Waals surface area contributed by atoms with E-state index in [1.165, 1.54) is 11.1 Å². The van der Waals surface area contributed by atoms with Crippen molar-refractivity contribution in [1.82, 2.24) is 4.98 Å². The first kappa shape index (κ1) is 38.9. The molecule has 7 aromatic rings. The van der Waals surface area contributed by atoms with Crippen molar-refractivity contribution in [2.24, 2.45) is 0 Å². The molecular formula is C52H45N4OPd-3. The second kappa shape index (κ2) is 15.4. The van der Waals surface area contributed by atoms with Crippen molar-refractivity contribution >= 4 is 28.6 Å². The van der Waals surface area contributed by atoms with Crippen LogP contribution in [0.2, 0.25) is 0 Å². The normalized spacial score (nSPS) is 13.3. The maximum atomic E-state index is 6.62. The number of anilines is 5. The molecule has 0 amide bonds. The largest absolute Gasteiger partial charge is 0.509 e. The average Bonchev–Trinajstić information content (AvgIpc) is 3.68. The second-order valence-corrected chi connectivity index (χ2v) is 16.8. The minimum Gasteiger partial charge on any atom is -0.509 e. The molecular weight excluding hydrogens is 803 g/mol. The van der Waals surface area contributed by atoms with Gasteiger partial charge in [-0.05, 0) is 81.4 Å². The number of nitrogens with zero attached hydrogens (tertiary/aromatic N) is 4. The molecule has 292 valence electrons. The first-order chi connectivity index (χ1) is 27.5. The zero-order chi connectivity index (χ0) is 39.3. The van der Waals surface area contributed by atoms with Gasteiger partial charge in [-0.2, -0.15) is 12.1 Å². The molecule has 2 aliphatic heterocycles. The Hall–Kier alpha value is -5.93. The van der Waals surface area contributed by atoms with Crippen LogP contribution in [-0.4, -0.2) is 4.98 Å². The van der Waals surface area contributed by atoms with Gasteiger partial charge in [-0.15, -0.1) is 48.3 Å². The van der Waals surface area contributed by atoms with Gasteiger partial charge in [-0.3, -0.25) is 0 Å². The predicted molar refractivity (Wildman–Crippen MR) is 235 cm³/mol. The Bertz CT molecular complexity index is 2590. The topological polar surface area (TPSA) is 31.8 Å². The molecule has 0 aliphatic carbocycles. The van der Waals surface area contributed by atoms with Gasteiger partial charge in [0.15, 0.2) is 0 Å². The first-order valence-corrected chi connectivity index (χ1v) is 19.5. The Morgan fingerprint density at radius 1 is 0.552 bits per heavy atom. The fourth-order valence-electron chi connectivity index (χ4n) is 7.51. The van der Waals surface area contributed by atoms with E-state index in [-0.39, 0.29) is 31.3 Å². The molecule has 0 unspecified atom stereocenters. The molecule has 0 atom stereocenters. The Morgan fingerprint density at radius 3 is 1.91 bits per heavy atom. The second-order valence-electron chi connectivity index (χ2n) is 16.8. The van der Waals surface area contributed by atoms with Gasteiger partial charge < -0.3 is 19.4 Å². The average molecular weight is 848 g/mol. The van der Waals surface area contributed by atoms with E-state index < -0.39 is 0 Å². The monoisotopic (exact) mass is 847 g/mol. The molecule has 0 spiro atoms. The van der Waals surface area contributed by atoms with Crippen LogP contribution in [0.5, 0.6) is 11.5 Å². The van der Waals surface area contributed by atoms with E-state index in [0.717, 1.165) is 61.9 Å². The standard InChI is InChI=1S/C52H45N4O.Pd/c1-51(2,3)38-30-39(52(4,5)6)32-41(31-38)55-28-27-54(35-55)40-17-14-18-42(33-40)57-43-23-25-47-45-20-11-10-19-44(45)46-24-22-37(36-15-8-7-9-16-36)29-48(46)56(49(47)34-43)50-21-12-13-26-53-50;/h7-32,35H,1-6H3;/q-3;. The van der Waals surface area contributed by atoms with Crippen LogP contribution >= 0.6 is 0 Å². The molecule has 58 heavy (non-hydrogen) atoms. The molecule has 0 fully saturated rings. The fourth-order valence-corrected chi connectivity index (χ4v) is 7.51. The van der Waals surface area contributed by atoms with Gasteiger partial charge in [0, 0.05) is 49.4 Å². The SMILES string of the molecule is CC(C)(C)c1cc(N2C=CN(c3[c-]c(Oc4[c-]c5c(cc4)-c4ccccc4-c4ccc(-c6ccccc6)cc4N5c4ccccn4)ccc3)[CH-]2)cc(C(C)(C)C)c1.[Pd]. The van der Waals surface area contributed by atoms with Crippen molar-refractivity contribution in [3.8, 4) is 44.9 Å². The summed E-state index contributed by atoms with van der Waals surface area (Å²) in [6, 6.07) is 56.1. The number of aromatic nitrogens is 1. The van der Waals surface area contributed by atoms with Crippen molar-refractivity contribution in [3.05, 3.63) is 188 Å². The van der Waals surface area contributed by atoms with E-state index in [2.05, 4.69) is 178 Å². The summed E-state index contributed by atoms with van der Waals surface area (Å²) >= 11 is 0. The molecule has 3 heterocycles. The quantitative estimate of drug-likeness (QED) is 0.123. The third-order valence-electron chi connectivity index (χ3n) is 10.7. The minimum atomic E-state index is 0. The maximum Gasteiger partial charge on any atom is 0.135 e. The van der Waals surface area contributed by atoms with Crippen LogP contribution in [0.1, 0.15) is 52.7 Å². The summed E-state index contributed by atoms with van der Waals surface area (Å²) in [5.41, 5.74) is 13.3. The van der Waals surface area contributed by atoms with Gasteiger partial charge in [-0.1, -0.05) is 132 Å². The molecule has 0 N–H and O–H groups in total. The third-order valence-corrected chi connectivity index (χ3v) is 10.7. The van der Waals surface area contributed by atoms with Gasteiger partial charge >= 0.3 is 0 Å². The summed E-state index contributed by atoms with van der Waals surface area (Å²) < 4.78 is 6.62. The first-order valence-electron chi connectivity index (χ1n) is 19.5. The fraction of sp³-hybridized carbons (Fsp3) is 0.154. The van der Waals surface area contributed by atoms with Crippen LogP contribution in [0.25, 0.3) is 33.4 Å². The number of hydrogen-bond donors (Lipinski definition) is 0. The number of pyridine rings is 1. The molecule has 0 bridgehead atoms. The predicted octanol–water partition coefficient (Wildman–Crippen LogP) is 13.8. The van der Waals surface area contributed by atoms with Crippen LogP contribution in [-0.2, 0) is 31.3 Å². The van der Waals surface area contributed by atoms with E-state index in [1.54, 1.807) is 0 Å². The van der Waals surface area contributed by atoms with Crippen molar-refractivity contribution in [2.45, 2.75) is 52.4 Å². The molecule has 0 saturated carbocycles. The van der Waals surface area contributed by atoms with Gasteiger partial charge in [-0.25, -0.2) is 4.98 Å². The smallest absolute Gasteiger partial charge is 0.135 e. The molecule has 0 radical (unpaired) electrons. The number of hydrogen-bond acceptors (Lipinski definition) is 5. The van der Waals surface area contributed by atoms with Crippen molar-refractivity contribution in [2.75, 3.05) is 14.7 Å². The van der Waals surface area contributed by atoms with Crippen LogP contribution in [0.4, 0.5) is 28.6 Å². The summed E-state index contributed by atoms with van der Waals surface area (Å²) in [5.74, 6) is 1.97. The molecule has 9 rings (SSSR count). The van der Waals surface area contributed by atoms with E-state index in [1.807, 2.05) is 54.7 Å². The zero-order valence-electron chi connectivity index (χ0n) is 33.6. The molecule has 6 heteroatoms. The molecule has 5 nitrogen and oxygen atoms in total. The van der Waals surface area contributed by atoms with Crippen LogP contribution in [0.15, 0.2) is 158 Å². The van der Waals surface area contributed by atoms with Crippen LogP contribution < -0.4 is 19.4 Å². The summed E-state index contributed by atoms with van der Waals surface area (Å²) in [6.07, 6.45) is 6.00. The van der Waals surface area contributed by atoms with E-state index in [0.29, 0.717) is 11.5 Å². The summed E-state index contributed by atoms with van der Waals surface area (Å²) in [4.78, 5) is 11.3. The Morgan fingerprint density at radius 2 is 1.21 bits per heavy atom. The van der Waals surface area contributed by atoms with E-state index in [4.69, 9.17) is 9.72 Å². The number of fused-ring (bicyclic) bond motifs is 5. The Kier molecular flexibility index (Phi) is 10.4. The third kappa shape index (κ3) is 7.59. The maximum absolute atomic E-state index is 6.62. The molecule has 2 aliphatic rings. The van der Waals surface area contributed by atoms with Gasteiger partial charge in [0.25, 0.3) is 0 Å². The molecule has 6 aromatic carbocycles. The molecule has 0 saturated heterocycles. The zero-order valence-corrected chi connectivity index (χ0v) is 35.2. The van der Waals surface area contributed by atoms with Crippen LogP contribution in [0.3, 0.4) is 0 Å². The Balaban J connectivity index is 0.00000469. The number of benzene rings is 6. The van der Waals surface area contributed by atoms with Crippen LogP contribution in [0, 0.1) is 18.8 Å². The van der Waals surface area contributed by atoms with Gasteiger partial charge in [0.1, 0.15) is 5.82 Å². The summed E-state index contributed by atoms with van der Waals surface area (Å²) in [7, 11) is 0. The van der Waals surface area contributed by atoms with Gasteiger partial charge in [0.2, 0.25) is 0 Å². The van der Waals surface area contributed by atoms with Crippen molar-refractivity contribution in [3.63, 3.8) is 0 Å². The van der Waals surface area contributed by atoms with Crippen molar-refractivity contribution < 1.29 is 25.2 Å². The summed E-state index contributed by atoms with van der Waals surface area (Å²) in [6.45, 7) is 15.7. The number of rotatable bonds is 6. The van der Waals surface area contributed by atoms with E-state index in [9.17, 15) is 0 Å².